The molecule has 1 heterocycles. The minimum absolute atomic E-state index is 0.283. The summed E-state index contributed by atoms with van der Waals surface area (Å²) in [6.07, 6.45) is 3.34. The molecule has 0 amide bonds. The number of hydrogen-bond acceptors (Lipinski definition) is 4. The van der Waals surface area contributed by atoms with Gasteiger partial charge in [-0.25, -0.2) is 4.79 Å². The monoisotopic (exact) mass is 180 g/mol. The molecule has 0 saturated heterocycles. The van der Waals surface area contributed by atoms with Crippen molar-refractivity contribution in [1.29, 1.82) is 0 Å². The van der Waals surface area contributed by atoms with Gasteiger partial charge in [-0.05, 0) is 19.8 Å². The van der Waals surface area contributed by atoms with Gasteiger partial charge in [-0.2, -0.15) is 4.98 Å². The summed E-state index contributed by atoms with van der Waals surface area (Å²) >= 11 is 0. The van der Waals surface area contributed by atoms with E-state index >= 15 is 0 Å². The number of aromatic nitrogens is 2. The highest BCUT2D eigenvalue weighted by Gasteiger charge is 2.41. The van der Waals surface area contributed by atoms with Crippen molar-refractivity contribution in [2.45, 2.75) is 25.4 Å². The van der Waals surface area contributed by atoms with Crippen LogP contribution in [0.4, 0.5) is 5.82 Å². The van der Waals surface area contributed by atoms with E-state index in [9.17, 15) is 4.79 Å². The zero-order chi connectivity index (χ0) is 9.64. The molecule has 0 radical (unpaired) electrons. The van der Waals surface area contributed by atoms with Crippen LogP contribution in [0.5, 0.6) is 0 Å². The highest BCUT2D eigenvalue weighted by atomic mass is 16.1. The maximum atomic E-state index is 11.4. The number of nitrogens with zero attached hydrogens (tertiary/aromatic N) is 2. The lowest BCUT2D eigenvalue weighted by Gasteiger charge is -2.13. The van der Waals surface area contributed by atoms with E-state index in [2.05, 4.69) is 4.98 Å². The molecule has 4 N–H and O–H groups in total. The standard InChI is InChI=1S/C8H12N4O/c1-5-4-12(8(10)2-3-8)7(13)11-6(5)9/h4H,2-3,10H2,1H3,(H2,9,11,13). The smallest absolute Gasteiger partial charge is 0.351 e. The van der Waals surface area contributed by atoms with Gasteiger partial charge in [-0.3, -0.25) is 4.57 Å². The molecule has 1 aliphatic rings. The summed E-state index contributed by atoms with van der Waals surface area (Å²) in [7, 11) is 0. The van der Waals surface area contributed by atoms with Crippen LogP contribution >= 0.6 is 0 Å². The Balaban J connectivity index is 2.59. The van der Waals surface area contributed by atoms with Crippen molar-refractivity contribution in [1.82, 2.24) is 9.55 Å². The molecule has 0 bridgehead atoms. The average molecular weight is 180 g/mol. The van der Waals surface area contributed by atoms with Gasteiger partial charge in [0, 0.05) is 11.8 Å². The van der Waals surface area contributed by atoms with Crippen molar-refractivity contribution in [2.24, 2.45) is 5.73 Å². The zero-order valence-corrected chi connectivity index (χ0v) is 7.45. The first-order valence-electron chi connectivity index (χ1n) is 4.18. The SMILES string of the molecule is Cc1cn(C2(N)CC2)c(=O)nc1N. The Bertz CT molecular complexity index is 405. The maximum Gasteiger partial charge on any atom is 0.351 e. The molecule has 1 aromatic heterocycles. The van der Waals surface area contributed by atoms with E-state index in [1.165, 1.54) is 4.57 Å². The van der Waals surface area contributed by atoms with Gasteiger partial charge in [0.05, 0.1) is 5.66 Å². The second kappa shape index (κ2) is 2.32. The van der Waals surface area contributed by atoms with Crippen LogP contribution in [0, 0.1) is 6.92 Å². The van der Waals surface area contributed by atoms with E-state index in [-0.39, 0.29) is 11.5 Å². The van der Waals surface area contributed by atoms with Gasteiger partial charge in [-0.15, -0.1) is 0 Å². The van der Waals surface area contributed by atoms with Crippen LogP contribution in [0.3, 0.4) is 0 Å². The van der Waals surface area contributed by atoms with Gasteiger partial charge in [-0.1, -0.05) is 0 Å². The van der Waals surface area contributed by atoms with Crippen molar-refractivity contribution >= 4 is 5.82 Å². The summed E-state index contributed by atoms with van der Waals surface area (Å²) in [5.41, 5.74) is 11.3. The minimum Gasteiger partial charge on any atom is -0.383 e. The maximum absolute atomic E-state index is 11.4. The first-order chi connectivity index (χ1) is 6.03. The molecule has 1 aliphatic carbocycles. The van der Waals surface area contributed by atoms with E-state index < -0.39 is 5.66 Å². The van der Waals surface area contributed by atoms with E-state index in [1.807, 2.05) is 6.92 Å². The van der Waals surface area contributed by atoms with E-state index in [0.29, 0.717) is 0 Å². The third kappa shape index (κ3) is 1.21. The fourth-order valence-electron chi connectivity index (χ4n) is 1.25. The molecular formula is C8H12N4O. The summed E-state index contributed by atoms with van der Waals surface area (Å²) < 4.78 is 1.47. The number of aryl methyl sites for hydroxylation is 1. The molecule has 1 aromatic rings. The Labute approximate surface area is 75.4 Å². The molecule has 1 saturated carbocycles. The number of nitrogens with two attached hydrogens (primary N) is 2. The summed E-state index contributed by atoms with van der Waals surface area (Å²) in [6, 6.07) is 0. The van der Waals surface area contributed by atoms with Crippen LogP contribution in [-0.4, -0.2) is 9.55 Å². The van der Waals surface area contributed by atoms with E-state index in [4.69, 9.17) is 11.5 Å². The topological polar surface area (TPSA) is 86.9 Å². The predicted octanol–water partition coefficient (Wildman–Crippen LogP) is -0.461. The summed E-state index contributed by atoms with van der Waals surface area (Å²) in [5, 5.41) is 0. The molecule has 13 heavy (non-hydrogen) atoms. The summed E-state index contributed by atoms with van der Waals surface area (Å²) in [5.74, 6) is 0.283. The van der Waals surface area contributed by atoms with Crippen molar-refractivity contribution in [3.05, 3.63) is 22.2 Å². The van der Waals surface area contributed by atoms with Crippen LogP contribution in [0.1, 0.15) is 18.4 Å². The fraction of sp³-hybridized carbons (Fsp3) is 0.500. The predicted molar refractivity (Wildman–Crippen MR) is 49.0 cm³/mol. The van der Waals surface area contributed by atoms with Crippen LogP contribution in [-0.2, 0) is 5.66 Å². The first-order valence-corrected chi connectivity index (χ1v) is 4.18. The van der Waals surface area contributed by atoms with Gasteiger partial charge in [0.25, 0.3) is 0 Å². The largest absolute Gasteiger partial charge is 0.383 e. The normalized spacial score (nSPS) is 18.6. The lowest BCUT2D eigenvalue weighted by molar-refractivity contribution is 0.475. The van der Waals surface area contributed by atoms with Gasteiger partial charge in [0.2, 0.25) is 0 Å². The van der Waals surface area contributed by atoms with Gasteiger partial charge >= 0.3 is 5.69 Å². The molecule has 0 aromatic carbocycles. The van der Waals surface area contributed by atoms with Crippen LogP contribution in [0.15, 0.2) is 11.0 Å². The quantitative estimate of drug-likeness (QED) is 0.612. The second-order valence-corrected chi connectivity index (χ2v) is 3.57. The van der Waals surface area contributed by atoms with Crippen molar-refractivity contribution < 1.29 is 0 Å². The van der Waals surface area contributed by atoms with Crippen molar-refractivity contribution in [3.8, 4) is 0 Å². The molecule has 2 rings (SSSR count). The molecule has 0 unspecified atom stereocenters. The second-order valence-electron chi connectivity index (χ2n) is 3.57. The molecule has 70 valence electrons. The third-order valence-corrected chi connectivity index (χ3v) is 2.39. The van der Waals surface area contributed by atoms with Crippen LogP contribution in [0.25, 0.3) is 0 Å². The molecule has 5 nitrogen and oxygen atoms in total. The van der Waals surface area contributed by atoms with Crippen LogP contribution in [0.2, 0.25) is 0 Å². The Morgan fingerprint density at radius 2 is 2.23 bits per heavy atom. The fourth-order valence-corrected chi connectivity index (χ4v) is 1.25. The lowest BCUT2D eigenvalue weighted by Crippen LogP contribution is -2.38. The van der Waals surface area contributed by atoms with Gasteiger partial charge in [0.1, 0.15) is 5.82 Å². The Kier molecular flexibility index (Phi) is 1.47. The molecular weight excluding hydrogens is 168 g/mol. The van der Waals surface area contributed by atoms with Crippen LogP contribution < -0.4 is 17.2 Å². The number of nitrogen functional groups attached to an aromatic ring is 1. The van der Waals surface area contributed by atoms with Gasteiger partial charge < -0.3 is 11.5 Å². The molecule has 5 heteroatoms. The van der Waals surface area contributed by atoms with Gasteiger partial charge in [0.15, 0.2) is 0 Å². The van der Waals surface area contributed by atoms with E-state index in [0.717, 1.165) is 18.4 Å². The highest BCUT2D eigenvalue weighted by Crippen LogP contribution is 2.36. The van der Waals surface area contributed by atoms with E-state index in [1.54, 1.807) is 6.20 Å². The number of hydrogen-bond donors (Lipinski definition) is 2. The Morgan fingerprint density at radius 3 is 2.77 bits per heavy atom. The van der Waals surface area contributed by atoms with Crippen molar-refractivity contribution in [3.63, 3.8) is 0 Å². The third-order valence-electron chi connectivity index (χ3n) is 2.39. The number of anilines is 1. The molecule has 0 spiro atoms. The molecule has 1 fully saturated rings. The zero-order valence-electron chi connectivity index (χ0n) is 7.45. The Hall–Kier alpha value is -1.36. The minimum atomic E-state index is -0.497. The highest BCUT2D eigenvalue weighted by molar-refractivity contribution is 5.35. The average Bonchev–Trinajstić information content (AvgIpc) is 2.77. The first kappa shape index (κ1) is 8.25. The number of rotatable bonds is 1. The molecule has 0 atom stereocenters. The lowest BCUT2D eigenvalue weighted by atomic mass is 10.3. The molecule has 0 aliphatic heterocycles. The Morgan fingerprint density at radius 1 is 1.62 bits per heavy atom. The summed E-state index contributed by atoms with van der Waals surface area (Å²) in [6.45, 7) is 1.81. The summed E-state index contributed by atoms with van der Waals surface area (Å²) in [4.78, 5) is 15.1. The van der Waals surface area contributed by atoms with Crippen molar-refractivity contribution in [2.75, 3.05) is 5.73 Å².